The maximum atomic E-state index is 12.7. The second-order valence-corrected chi connectivity index (χ2v) is 8.00. The van der Waals surface area contributed by atoms with Gasteiger partial charge in [0, 0.05) is 5.57 Å². The molecule has 2 aliphatic carbocycles. The van der Waals surface area contributed by atoms with Gasteiger partial charge in [0.15, 0.2) is 5.60 Å². The highest BCUT2D eigenvalue weighted by Crippen LogP contribution is 2.57. The maximum absolute atomic E-state index is 12.7. The quantitative estimate of drug-likeness (QED) is 0.350. The van der Waals surface area contributed by atoms with Gasteiger partial charge in [0.25, 0.3) is 0 Å². The Morgan fingerprint density at radius 3 is 2.69 bits per heavy atom. The lowest BCUT2D eigenvalue weighted by atomic mass is 9.79. The van der Waals surface area contributed by atoms with Crippen molar-refractivity contribution in [1.82, 2.24) is 0 Å². The first-order valence-corrected chi connectivity index (χ1v) is 8.98. The molecule has 1 saturated carbocycles. The van der Waals surface area contributed by atoms with Gasteiger partial charge in [0.05, 0.1) is 17.9 Å². The second-order valence-electron chi connectivity index (χ2n) is 8.00. The molecule has 0 amide bonds. The fourth-order valence-electron chi connectivity index (χ4n) is 4.69. The third-order valence-corrected chi connectivity index (χ3v) is 6.59. The summed E-state index contributed by atoms with van der Waals surface area (Å²) in [6, 6.07) is 0. The fourth-order valence-corrected chi connectivity index (χ4v) is 4.69. The third kappa shape index (κ3) is 2.06. The zero-order valence-electron chi connectivity index (χ0n) is 15.3. The van der Waals surface area contributed by atoms with Crippen molar-refractivity contribution in [2.75, 3.05) is 0 Å². The van der Waals surface area contributed by atoms with E-state index >= 15 is 0 Å². The van der Waals surface area contributed by atoms with Crippen molar-refractivity contribution < 1.29 is 28.9 Å². The molecule has 0 aromatic rings. The van der Waals surface area contributed by atoms with Gasteiger partial charge in [0.2, 0.25) is 0 Å². The van der Waals surface area contributed by atoms with E-state index in [1.165, 1.54) is 0 Å². The minimum Gasteiger partial charge on any atom is -0.457 e. The number of hydrogen-bond donors (Lipinski definition) is 1. The molecule has 7 atom stereocenters. The summed E-state index contributed by atoms with van der Waals surface area (Å²) >= 11 is 0. The van der Waals surface area contributed by atoms with E-state index < -0.39 is 47.2 Å². The van der Waals surface area contributed by atoms with E-state index in [9.17, 15) is 14.7 Å². The highest BCUT2D eigenvalue weighted by molar-refractivity contribution is 5.92. The summed E-state index contributed by atoms with van der Waals surface area (Å²) in [4.78, 5) is 24.8. The molecule has 6 heteroatoms. The Morgan fingerprint density at radius 1 is 1.42 bits per heavy atom. The van der Waals surface area contributed by atoms with Gasteiger partial charge in [0.1, 0.15) is 17.8 Å². The van der Waals surface area contributed by atoms with E-state index in [0.717, 1.165) is 12.0 Å². The van der Waals surface area contributed by atoms with Crippen LogP contribution in [0.3, 0.4) is 0 Å². The van der Waals surface area contributed by atoms with Gasteiger partial charge < -0.3 is 19.3 Å². The van der Waals surface area contributed by atoms with Crippen LogP contribution in [-0.4, -0.2) is 46.6 Å². The molecule has 0 spiro atoms. The lowest BCUT2D eigenvalue weighted by molar-refractivity contribution is -0.168. The Balaban J connectivity index is 1.78. The first-order chi connectivity index (χ1) is 12.1. The number of carbonyl (C=O) groups excluding carboxylic acids is 2. The number of hydrogen-bond acceptors (Lipinski definition) is 6. The van der Waals surface area contributed by atoms with E-state index in [0.29, 0.717) is 12.0 Å². The van der Waals surface area contributed by atoms with Crippen LogP contribution in [0.15, 0.2) is 36.0 Å². The smallest absolute Gasteiger partial charge is 0.341 e. The van der Waals surface area contributed by atoms with Gasteiger partial charge in [-0.3, -0.25) is 0 Å². The number of carbonyl (C=O) groups is 2. The van der Waals surface area contributed by atoms with Crippen molar-refractivity contribution in [1.29, 1.82) is 0 Å². The molecule has 6 nitrogen and oxygen atoms in total. The summed E-state index contributed by atoms with van der Waals surface area (Å²) in [5, 5.41) is 11.7. The molecule has 2 saturated heterocycles. The summed E-state index contributed by atoms with van der Waals surface area (Å²) in [6.45, 7) is 13.2. The number of ether oxygens (including phenoxy) is 3. The molecule has 0 aromatic heterocycles. The molecule has 2 heterocycles. The number of esters is 2. The molecule has 0 bridgehead atoms. The summed E-state index contributed by atoms with van der Waals surface area (Å²) in [5.41, 5.74) is -0.777. The predicted octanol–water partition coefficient (Wildman–Crippen LogP) is 1.83. The van der Waals surface area contributed by atoms with Crippen molar-refractivity contribution in [2.45, 2.75) is 63.1 Å². The van der Waals surface area contributed by atoms with E-state index in [2.05, 4.69) is 13.2 Å². The van der Waals surface area contributed by atoms with Crippen molar-refractivity contribution in [3.8, 4) is 0 Å². The van der Waals surface area contributed by atoms with Crippen molar-refractivity contribution in [3.63, 3.8) is 0 Å². The summed E-state index contributed by atoms with van der Waals surface area (Å²) in [7, 11) is 0. The molecular weight excluding hydrogens is 336 g/mol. The molecule has 1 N–H and O–H groups in total. The van der Waals surface area contributed by atoms with Gasteiger partial charge in [-0.25, -0.2) is 9.59 Å². The SMILES string of the molecule is C=C1C(=O)O[C@@H]2[C@H]1[C@@H](OC(=O)[C@]1(C)O[C@@H]1C)[C@]1(O)C(C)=CCCC(=C)[C@@H]21. The molecule has 4 aliphatic rings. The number of allylic oxidation sites excluding steroid dienone is 1. The number of fused-ring (bicyclic) bond motifs is 3. The monoisotopic (exact) mass is 360 g/mol. The second kappa shape index (κ2) is 5.30. The van der Waals surface area contributed by atoms with Crippen LogP contribution < -0.4 is 0 Å². The average molecular weight is 360 g/mol. The van der Waals surface area contributed by atoms with Gasteiger partial charge in [-0.05, 0) is 39.2 Å². The van der Waals surface area contributed by atoms with E-state index in [1.807, 2.05) is 13.0 Å². The molecule has 26 heavy (non-hydrogen) atoms. The van der Waals surface area contributed by atoms with Crippen molar-refractivity contribution >= 4 is 11.9 Å². The minimum absolute atomic E-state index is 0.227. The topological polar surface area (TPSA) is 85.4 Å². The standard InChI is InChI=1S/C20H24O6/c1-9-7-6-8-10(2)20(23)14(9)15-13(11(3)17(21)24-15)16(20)25-18(22)19(5)12(4)26-19/h8,12-16,23H,1,3,6-7H2,2,4-5H3/t12-,13+,14+,15-,16-,19-,20+/m1/s1. The van der Waals surface area contributed by atoms with Crippen LogP contribution >= 0.6 is 0 Å². The van der Waals surface area contributed by atoms with Crippen LogP contribution in [-0.2, 0) is 23.8 Å². The minimum atomic E-state index is -1.48. The summed E-state index contributed by atoms with van der Waals surface area (Å²) < 4.78 is 16.7. The third-order valence-electron chi connectivity index (χ3n) is 6.59. The Bertz CT molecular complexity index is 766. The van der Waals surface area contributed by atoms with E-state index in [1.54, 1.807) is 13.8 Å². The summed E-state index contributed by atoms with van der Waals surface area (Å²) in [5.74, 6) is -2.18. The maximum Gasteiger partial charge on any atom is 0.341 e. The Hall–Kier alpha value is -1.92. The molecule has 2 aliphatic heterocycles. The Morgan fingerprint density at radius 2 is 2.08 bits per heavy atom. The molecule has 0 unspecified atom stereocenters. The molecular formula is C20H24O6. The number of rotatable bonds is 2. The molecule has 0 radical (unpaired) electrons. The van der Waals surface area contributed by atoms with Crippen LogP contribution in [0, 0.1) is 11.8 Å². The van der Waals surface area contributed by atoms with E-state index in [4.69, 9.17) is 14.2 Å². The van der Waals surface area contributed by atoms with Crippen molar-refractivity contribution in [2.24, 2.45) is 11.8 Å². The molecule has 4 rings (SSSR count). The van der Waals surface area contributed by atoms with Crippen LogP contribution in [0.25, 0.3) is 0 Å². The highest BCUT2D eigenvalue weighted by atomic mass is 16.7. The zero-order valence-corrected chi connectivity index (χ0v) is 15.3. The fraction of sp³-hybridized carbons (Fsp3) is 0.600. The highest BCUT2D eigenvalue weighted by Gasteiger charge is 2.70. The summed E-state index contributed by atoms with van der Waals surface area (Å²) in [6.07, 6.45) is 1.50. The first kappa shape index (κ1) is 17.5. The van der Waals surface area contributed by atoms with Crippen LogP contribution in [0.1, 0.15) is 33.6 Å². The normalized spacial score (nSPS) is 46.8. The van der Waals surface area contributed by atoms with Crippen molar-refractivity contribution in [3.05, 3.63) is 36.0 Å². The molecule has 0 aromatic carbocycles. The lowest BCUT2D eigenvalue weighted by Gasteiger charge is -2.37. The largest absolute Gasteiger partial charge is 0.457 e. The van der Waals surface area contributed by atoms with Gasteiger partial charge in [-0.1, -0.05) is 24.8 Å². The Kier molecular flexibility index (Phi) is 3.57. The van der Waals surface area contributed by atoms with Gasteiger partial charge >= 0.3 is 11.9 Å². The van der Waals surface area contributed by atoms with Crippen LogP contribution in [0.5, 0.6) is 0 Å². The van der Waals surface area contributed by atoms with Crippen LogP contribution in [0.2, 0.25) is 0 Å². The lowest BCUT2D eigenvalue weighted by Crippen LogP contribution is -2.50. The molecule has 140 valence electrons. The molecule has 3 fully saturated rings. The average Bonchev–Trinajstić information content (AvgIpc) is 3.03. The first-order valence-electron chi connectivity index (χ1n) is 8.98. The number of epoxide rings is 1. The zero-order chi connectivity index (χ0) is 19.0. The van der Waals surface area contributed by atoms with E-state index in [-0.39, 0.29) is 11.7 Å². The van der Waals surface area contributed by atoms with Gasteiger partial charge in [-0.2, -0.15) is 0 Å². The van der Waals surface area contributed by atoms with Crippen LogP contribution in [0.4, 0.5) is 0 Å². The van der Waals surface area contributed by atoms with Gasteiger partial charge in [-0.15, -0.1) is 0 Å². The number of aliphatic hydroxyl groups is 1. The Labute approximate surface area is 152 Å². The predicted molar refractivity (Wildman–Crippen MR) is 91.9 cm³/mol.